The van der Waals surface area contributed by atoms with E-state index in [1.807, 2.05) is 79.7 Å². The van der Waals surface area contributed by atoms with Crippen molar-refractivity contribution >= 4 is 53.4 Å². The Kier molecular flexibility index (Phi) is 10.9. The van der Waals surface area contributed by atoms with E-state index in [9.17, 15) is 19.5 Å². The van der Waals surface area contributed by atoms with E-state index in [1.54, 1.807) is 22.9 Å². The van der Waals surface area contributed by atoms with Crippen LogP contribution in [0, 0.1) is 11.8 Å². The van der Waals surface area contributed by atoms with Gasteiger partial charge in [0.1, 0.15) is 0 Å². The smallest absolute Gasteiger partial charge is 0.264 e. The predicted octanol–water partition coefficient (Wildman–Crippen LogP) is 6.12. The van der Waals surface area contributed by atoms with Crippen molar-refractivity contribution < 1.29 is 28.3 Å². The zero-order chi connectivity index (χ0) is 35.6. The molecule has 3 aromatic carbocycles. The molecule has 266 valence electrons. The molecule has 50 heavy (non-hydrogen) atoms. The molecule has 2 saturated heterocycles. The van der Waals surface area contributed by atoms with Crippen LogP contribution in [0.3, 0.4) is 0 Å². The van der Waals surface area contributed by atoms with Gasteiger partial charge in [0.05, 0.1) is 37.3 Å². The summed E-state index contributed by atoms with van der Waals surface area (Å²) in [7, 11) is -3.51. The molecule has 3 aromatic rings. The van der Waals surface area contributed by atoms with Gasteiger partial charge in [0.2, 0.25) is 20.2 Å². The van der Waals surface area contributed by atoms with Gasteiger partial charge in [-0.3, -0.25) is 14.4 Å². The fourth-order valence-electron chi connectivity index (χ4n) is 8.14. The number of hydrogen-bond acceptors (Lipinski definition) is 6. The largest absolute Gasteiger partial charge is 0.395 e. The number of benzene rings is 3. The molecule has 0 saturated carbocycles. The van der Waals surface area contributed by atoms with Gasteiger partial charge in [-0.1, -0.05) is 65.3 Å². The highest BCUT2D eigenvalue weighted by molar-refractivity contribution is 9.10. The Balaban J connectivity index is 1.28. The highest BCUT2D eigenvalue weighted by atomic mass is 79.9. The SMILES string of the molecule is C[C@@H]1[C@@H]([Si](C)(C)F)[C@H](CC(=O)N(CCO)Cc2ccccc2)O[C@@]12C(=O)N(Cc1cccc(NC(=O)C3CCCNC3)c1)c1ccc(Br)cc12. The average molecular weight is 766 g/mol. The lowest BCUT2D eigenvalue weighted by molar-refractivity contribution is -0.150. The Bertz CT molecular complexity index is 1720. The van der Waals surface area contributed by atoms with Gasteiger partial charge < -0.3 is 34.4 Å². The molecule has 12 heteroatoms. The first kappa shape index (κ1) is 36.4. The summed E-state index contributed by atoms with van der Waals surface area (Å²) >= 11 is 3.59. The van der Waals surface area contributed by atoms with Crippen molar-refractivity contribution in [3.63, 3.8) is 0 Å². The third-order valence-electron chi connectivity index (χ3n) is 10.4. The van der Waals surface area contributed by atoms with Gasteiger partial charge in [-0.05, 0) is 73.9 Å². The Morgan fingerprint density at radius 2 is 1.88 bits per heavy atom. The molecular formula is C38H46BrFN4O5Si. The van der Waals surface area contributed by atoms with E-state index in [0.717, 1.165) is 35.0 Å². The highest BCUT2D eigenvalue weighted by Gasteiger charge is 2.67. The van der Waals surface area contributed by atoms with Crippen molar-refractivity contribution in [3.05, 3.63) is 94.0 Å². The van der Waals surface area contributed by atoms with Crippen LogP contribution >= 0.6 is 15.9 Å². The molecule has 3 aliphatic heterocycles. The van der Waals surface area contributed by atoms with E-state index >= 15 is 4.11 Å². The Morgan fingerprint density at radius 1 is 1.12 bits per heavy atom. The minimum Gasteiger partial charge on any atom is -0.395 e. The molecule has 1 spiro atoms. The monoisotopic (exact) mass is 764 g/mol. The van der Waals surface area contributed by atoms with E-state index in [0.29, 0.717) is 30.0 Å². The fraction of sp³-hybridized carbons (Fsp3) is 0.447. The summed E-state index contributed by atoms with van der Waals surface area (Å²) in [6, 6.07) is 22.6. The number of piperidine rings is 1. The quantitative estimate of drug-likeness (QED) is 0.160. The van der Waals surface area contributed by atoms with E-state index in [2.05, 4.69) is 26.6 Å². The average Bonchev–Trinajstić information content (AvgIpc) is 3.51. The highest BCUT2D eigenvalue weighted by Crippen LogP contribution is 2.60. The van der Waals surface area contributed by atoms with Crippen molar-refractivity contribution in [3.8, 4) is 0 Å². The number of nitrogens with one attached hydrogen (secondary N) is 2. The number of anilines is 2. The third-order valence-corrected chi connectivity index (χ3v) is 13.4. The first-order chi connectivity index (χ1) is 23.9. The summed E-state index contributed by atoms with van der Waals surface area (Å²) in [6.07, 6.45) is 0.842. The molecule has 1 unspecified atom stereocenters. The van der Waals surface area contributed by atoms with Crippen LogP contribution in [0.1, 0.15) is 42.9 Å². The van der Waals surface area contributed by atoms with E-state index in [4.69, 9.17) is 4.74 Å². The van der Waals surface area contributed by atoms with Gasteiger partial charge in [0, 0.05) is 46.8 Å². The van der Waals surface area contributed by atoms with Crippen LogP contribution < -0.4 is 15.5 Å². The maximum Gasteiger partial charge on any atom is 0.264 e. The maximum atomic E-state index is 16.4. The standard InChI is InChI=1S/C38H46BrFN4O5Si/c1-25-35(50(2,3)40)33(21-34(46)43(17-18-45)23-26-9-5-4-6-10-26)49-38(25)31-20-29(39)14-15-32(31)44(37(38)48)24-27-11-7-13-30(19-27)42-36(47)28-12-8-16-41-22-28/h4-7,9-11,13-15,19-20,25,28,33,35,41,45H,8,12,16-18,21-24H2,1-3H3,(H,42,47)/t25-,28?,33+,35-,38+/m1/s1. The van der Waals surface area contributed by atoms with E-state index in [1.165, 1.54) is 0 Å². The summed E-state index contributed by atoms with van der Waals surface area (Å²) in [5.41, 5.74) is 1.56. The Labute approximate surface area is 302 Å². The first-order valence-electron chi connectivity index (χ1n) is 17.4. The molecular weight excluding hydrogens is 719 g/mol. The van der Waals surface area contributed by atoms with E-state index < -0.39 is 31.6 Å². The van der Waals surface area contributed by atoms with Gasteiger partial charge in [-0.2, -0.15) is 0 Å². The first-order valence-corrected chi connectivity index (χ1v) is 21.2. The molecule has 5 atom stereocenters. The Hall–Kier alpha value is -3.42. The zero-order valence-corrected chi connectivity index (χ0v) is 31.4. The summed E-state index contributed by atoms with van der Waals surface area (Å²) < 4.78 is 24.0. The number of ether oxygens (including phenoxy) is 1. The van der Waals surface area contributed by atoms with Gasteiger partial charge in [-0.15, -0.1) is 0 Å². The number of aliphatic hydroxyl groups is 1. The summed E-state index contributed by atoms with van der Waals surface area (Å²) in [4.78, 5) is 44.9. The second-order valence-electron chi connectivity index (χ2n) is 14.3. The van der Waals surface area contributed by atoms with Crippen molar-refractivity contribution in [2.75, 3.05) is 36.5 Å². The molecule has 0 bridgehead atoms. The predicted molar refractivity (Wildman–Crippen MR) is 198 cm³/mol. The number of carbonyl (C=O) groups excluding carboxylic acids is 3. The normalized spacial score (nSPS) is 24.8. The second-order valence-corrected chi connectivity index (χ2v) is 19.0. The second kappa shape index (κ2) is 15.0. The molecule has 3 heterocycles. The number of rotatable bonds is 11. The van der Waals surface area contributed by atoms with Crippen molar-refractivity contribution in [2.24, 2.45) is 11.8 Å². The molecule has 3 amide bonds. The van der Waals surface area contributed by atoms with Crippen molar-refractivity contribution in [2.45, 2.75) is 69.6 Å². The molecule has 0 aromatic heterocycles. The number of hydrogen-bond donors (Lipinski definition) is 3. The topological polar surface area (TPSA) is 111 Å². The fourth-order valence-corrected chi connectivity index (χ4v) is 11.0. The number of amides is 3. The summed E-state index contributed by atoms with van der Waals surface area (Å²) in [6.45, 7) is 7.11. The van der Waals surface area contributed by atoms with Gasteiger partial charge in [-0.25, -0.2) is 0 Å². The van der Waals surface area contributed by atoms with Crippen LogP contribution in [-0.4, -0.2) is 68.5 Å². The molecule has 2 fully saturated rings. The van der Waals surface area contributed by atoms with Crippen LogP contribution in [0.2, 0.25) is 18.6 Å². The van der Waals surface area contributed by atoms with Crippen molar-refractivity contribution in [1.29, 1.82) is 0 Å². The lowest BCUT2D eigenvalue weighted by Gasteiger charge is -2.31. The van der Waals surface area contributed by atoms with Gasteiger partial charge in [0.15, 0.2) is 5.60 Å². The number of aliphatic hydroxyl groups excluding tert-OH is 1. The number of fused-ring (bicyclic) bond motifs is 2. The zero-order valence-electron chi connectivity index (χ0n) is 28.8. The van der Waals surface area contributed by atoms with Crippen LogP contribution in [-0.2, 0) is 37.8 Å². The van der Waals surface area contributed by atoms with Crippen molar-refractivity contribution in [1.82, 2.24) is 10.2 Å². The summed E-state index contributed by atoms with van der Waals surface area (Å²) in [5, 5.41) is 16.1. The molecule has 3 N–H and O–H groups in total. The van der Waals surface area contributed by atoms with Crippen LogP contribution in [0.4, 0.5) is 15.5 Å². The van der Waals surface area contributed by atoms with Crippen LogP contribution in [0.25, 0.3) is 0 Å². The number of nitrogens with zero attached hydrogens (tertiary/aromatic N) is 2. The molecule has 0 radical (unpaired) electrons. The minimum absolute atomic E-state index is 0.0279. The van der Waals surface area contributed by atoms with Crippen LogP contribution in [0.5, 0.6) is 0 Å². The number of carbonyl (C=O) groups is 3. The number of halogens is 2. The van der Waals surface area contributed by atoms with Gasteiger partial charge in [0.25, 0.3) is 5.91 Å². The van der Waals surface area contributed by atoms with Crippen LogP contribution in [0.15, 0.2) is 77.3 Å². The maximum absolute atomic E-state index is 16.4. The van der Waals surface area contributed by atoms with Gasteiger partial charge >= 0.3 is 0 Å². The lowest BCUT2D eigenvalue weighted by atomic mass is 9.82. The molecule has 3 aliphatic rings. The minimum atomic E-state index is -3.51. The molecule has 0 aliphatic carbocycles. The van der Waals surface area contributed by atoms with E-state index in [-0.39, 0.29) is 49.8 Å². The lowest BCUT2D eigenvalue weighted by Crippen LogP contribution is -2.45. The Morgan fingerprint density at radius 3 is 2.58 bits per heavy atom. The molecule has 6 rings (SSSR count). The third kappa shape index (κ3) is 7.31. The summed E-state index contributed by atoms with van der Waals surface area (Å²) in [5.74, 6) is -1.24. The molecule has 9 nitrogen and oxygen atoms in total.